The number of thiazole rings is 1. The molecule has 1 N–H and O–H groups in total. The van der Waals surface area contributed by atoms with Crippen LogP contribution in [0.25, 0.3) is 27.4 Å². The van der Waals surface area contributed by atoms with E-state index in [4.69, 9.17) is 10.8 Å². The number of carbonyl (C=O) groups is 2. The maximum absolute atomic E-state index is 14.0. The van der Waals surface area contributed by atoms with E-state index in [-0.39, 0.29) is 30.8 Å². The third-order valence-corrected chi connectivity index (χ3v) is 8.76. The number of halogens is 2. The smallest absolute Gasteiger partial charge is 0.287 e. The van der Waals surface area contributed by atoms with Gasteiger partial charge in [-0.25, -0.2) is 18.7 Å². The molecule has 1 aromatic carbocycles. The predicted molar refractivity (Wildman–Crippen MR) is 141 cm³/mol. The average Bonchev–Trinajstić information content (AvgIpc) is 3.27. The van der Waals surface area contributed by atoms with Crippen molar-refractivity contribution in [3.05, 3.63) is 47.6 Å². The number of ketones is 1. The van der Waals surface area contributed by atoms with Crippen LogP contribution in [0.4, 0.5) is 8.78 Å². The first-order valence-electron chi connectivity index (χ1n) is 12.7. The molecule has 39 heavy (non-hydrogen) atoms. The molecule has 200 valence electrons. The molecule has 6 rings (SSSR count). The summed E-state index contributed by atoms with van der Waals surface area (Å²) >= 11 is 1.47. The molecule has 2 fully saturated rings. The number of nitrogens with one attached hydrogen (secondary N) is 1. The highest BCUT2D eigenvalue weighted by molar-refractivity contribution is 7.14. The molecule has 0 atom stereocenters. The highest BCUT2D eigenvalue weighted by Gasteiger charge is 2.52. The van der Waals surface area contributed by atoms with Crippen LogP contribution in [0.5, 0.6) is 0 Å². The quantitative estimate of drug-likeness (QED) is 0.306. The molecular weight excluding hydrogens is 524 g/mol. The molecule has 0 bridgehead atoms. The third kappa shape index (κ3) is 4.74. The van der Waals surface area contributed by atoms with Crippen LogP contribution in [0, 0.1) is 24.7 Å². The lowest BCUT2D eigenvalue weighted by molar-refractivity contribution is -0.131. The van der Waals surface area contributed by atoms with Gasteiger partial charge in [0.05, 0.1) is 11.2 Å². The lowest BCUT2D eigenvalue weighted by Gasteiger charge is -2.39. The molecule has 8 nitrogen and oxygen atoms in total. The number of amides is 1. The number of nitrogens with zero attached hydrogens (tertiary/aromatic N) is 4. The van der Waals surface area contributed by atoms with Crippen molar-refractivity contribution in [2.45, 2.75) is 63.3 Å². The molecule has 3 heterocycles. The molecular formula is C28H25F2N5O3S. The summed E-state index contributed by atoms with van der Waals surface area (Å²) in [7, 11) is 0. The topological polar surface area (TPSA) is 103 Å². The molecule has 4 aromatic rings. The summed E-state index contributed by atoms with van der Waals surface area (Å²) in [5.74, 6) is -1.09. The van der Waals surface area contributed by atoms with Crippen molar-refractivity contribution in [3.63, 3.8) is 0 Å². The summed E-state index contributed by atoms with van der Waals surface area (Å²) in [6.45, 7) is 1.95. The van der Waals surface area contributed by atoms with Crippen LogP contribution in [0.3, 0.4) is 0 Å². The van der Waals surface area contributed by atoms with Crippen LogP contribution in [0.15, 0.2) is 41.3 Å². The summed E-state index contributed by atoms with van der Waals surface area (Å²) in [6.07, 6.45) is 8.90. The number of carbonyl (C=O) groups excluding carboxylic acids is 2. The number of rotatable bonds is 7. The SMILES string of the molecule is C#CC1(CC(=O)C2(NC(=O)c3cc4ccc(-c5nc(-n6cncn6)sc5C)cc4o3)CCC(F)(F)CC2)CC1. The van der Waals surface area contributed by atoms with Gasteiger partial charge in [0, 0.05) is 40.5 Å². The number of aryl methyl sites for hydroxylation is 1. The minimum atomic E-state index is -2.87. The van der Waals surface area contributed by atoms with E-state index in [0.29, 0.717) is 16.1 Å². The van der Waals surface area contributed by atoms with Gasteiger partial charge >= 0.3 is 0 Å². The summed E-state index contributed by atoms with van der Waals surface area (Å²) < 4.78 is 35.5. The Labute approximate surface area is 226 Å². The summed E-state index contributed by atoms with van der Waals surface area (Å²) in [6, 6.07) is 7.09. The van der Waals surface area contributed by atoms with Gasteiger partial charge < -0.3 is 9.73 Å². The standard InChI is InChI=1S/C28H25F2N5O3S/c1-3-26(6-7-26)14-22(36)27(8-10-28(29,30)11-9-27)34-24(37)21-12-18-4-5-19(13-20(18)38-21)23-17(2)39-25(33-23)35-16-31-15-32-35/h1,4-5,12-13,15-16H,6-11,14H2,2H3,(H,34,37). The van der Waals surface area contributed by atoms with Gasteiger partial charge in [-0.3, -0.25) is 9.59 Å². The summed E-state index contributed by atoms with van der Waals surface area (Å²) in [5, 5.41) is 8.27. The highest BCUT2D eigenvalue weighted by atomic mass is 32.1. The van der Waals surface area contributed by atoms with Crippen molar-refractivity contribution in [1.29, 1.82) is 0 Å². The van der Waals surface area contributed by atoms with Gasteiger partial charge in [0.25, 0.3) is 5.91 Å². The summed E-state index contributed by atoms with van der Waals surface area (Å²) in [5.41, 5.74) is 0.100. The van der Waals surface area contributed by atoms with E-state index in [1.165, 1.54) is 17.7 Å². The Bertz CT molecular complexity index is 1620. The molecule has 0 unspecified atom stereocenters. The van der Waals surface area contributed by atoms with Gasteiger partial charge in [0.15, 0.2) is 11.5 Å². The molecule has 0 radical (unpaired) electrons. The first-order chi connectivity index (χ1) is 18.6. The second-order valence-electron chi connectivity index (χ2n) is 10.5. The second-order valence-corrected chi connectivity index (χ2v) is 11.7. The van der Waals surface area contributed by atoms with Crippen LogP contribution >= 0.6 is 11.3 Å². The van der Waals surface area contributed by atoms with Crippen LogP contribution in [0.2, 0.25) is 0 Å². The van der Waals surface area contributed by atoms with Crippen molar-refractivity contribution in [1.82, 2.24) is 25.1 Å². The Morgan fingerprint density at radius 3 is 2.62 bits per heavy atom. The highest BCUT2D eigenvalue weighted by Crippen LogP contribution is 2.50. The Morgan fingerprint density at radius 2 is 1.95 bits per heavy atom. The Kier molecular flexibility index (Phi) is 5.91. The number of alkyl halides is 2. The maximum atomic E-state index is 14.0. The Hall–Kier alpha value is -3.91. The van der Waals surface area contributed by atoms with E-state index in [9.17, 15) is 18.4 Å². The summed E-state index contributed by atoms with van der Waals surface area (Å²) in [4.78, 5) is 36.3. The van der Waals surface area contributed by atoms with Crippen molar-refractivity contribution >= 4 is 34.0 Å². The lowest BCUT2D eigenvalue weighted by atomic mass is 9.74. The van der Waals surface area contributed by atoms with E-state index in [1.807, 2.05) is 19.1 Å². The monoisotopic (exact) mass is 549 g/mol. The number of furan rings is 1. The largest absolute Gasteiger partial charge is 0.451 e. The average molecular weight is 550 g/mol. The number of aromatic nitrogens is 4. The second kappa shape index (κ2) is 9.09. The third-order valence-electron chi connectivity index (χ3n) is 7.80. The number of benzene rings is 1. The van der Waals surface area contributed by atoms with E-state index < -0.39 is 35.6 Å². The van der Waals surface area contributed by atoms with Crippen LogP contribution in [-0.4, -0.2) is 42.9 Å². The van der Waals surface area contributed by atoms with E-state index in [0.717, 1.165) is 29.0 Å². The van der Waals surface area contributed by atoms with Crippen molar-refractivity contribution in [3.8, 4) is 28.7 Å². The van der Waals surface area contributed by atoms with E-state index >= 15 is 0 Å². The molecule has 0 aliphatic heterocycles. The first-order valence-corrected chi connectivity index (χ1v) is 13.5. The molecule has 3 aromatic heterocycles. The molecule has 11 heteroatoms. The first kappa shape index (κ1) is 25.4. The van der Waals surface area contributed by atoms with Crippen molar-refractivity contribution in [2.24, 2.45) is 5.41 Å². The van der Waals surface area contributed by atoms with Gasteiger partial charge in [-0.15, -0.1) is 6.42 Å². The zero-order valence-electron chi connectivity index (χ0n) is 21.2. The number of hydrogen-bond donors (Lipinski definition) is 1. The fourth-order valence-electron chi connectivity index (χ4n) is 5.14. The minimum absolute atomic E-state index is 0.00282. The molecule has 2 aliphatic carbocycles. The zero-order chi connectivity index (χ0) is 27.4. The predicted octanol–water partition coefficient (Wildman–Crippen LogP) is 5.50. The van der Waals surface area contributed by atoms with Gasteiger partial charge in [0.1, 0.15) is 18.2 Å². The molecule has 2 saturated carbocycles. The van der Waals surface area contributed by atoms with E-state index in [1.54, 1.807) is 23.1 Å². The minimum Gasteiger partial charge on any atom is -0.451 e. The number of hydrogen-bond acceptors (Lipinski definition) is 7. The van der Waals surface area contributed by atoms with Crippen LogP contribution in [0.1, 0.15) is 60.4 Å². The van der Waals surface area contributed by atoms with Crippen LogP contribution in [-0.2, 0) is 4.79 Å². The number of terminal acetylenes is 1. The zero-order valence-corrected chi connectivity index (χ0v) is 22.0. The fraction of sp³-hybridized carbons (Fsp3) is 0.393. The maximum Gasteiger partial charge on any atom is 0.287 e. The van der Waals surface area contributed by atoms with Gasteiger partial charge in [-0.2, -0.15) is 9.78 Å². The van der Waals surface area contributed by atoms with Gasteiger partial charge in [-0.1, -0.05) is 29.4 Å². The molecule has 0 spiro atoms. The Morgan fingerprint density at radius 1 is 1.18 bits per heavy atom. The fourth-order valence-corrected chi connectivity index (χ4v) is 6.00. The Balaban J connectivity index is 1.26. The van der Waals surface area contributed by atoms with Crippen molar-refractivity contribution < 1.29 is 22.8 Å². The molecule has 2 aliphatic rings. The van der Waals surface area contributed by atoms with Gasteiger partial charge in [-0.05, 0) is 44.7 Å². The molecule has 0 saturated heterocycles. The number of fused-ring (bicyclic) bond motifs is 1. The number of Topliss-reactive ketones (excluding diaryl/α,β-unsaturated/α-hetero) is 1. The molecule has 1 amide bonds. The van der Waals surface area contributed by atoms with Crippen molar-refractivity contribution in [2.75, 3.05) is 0 Å². The van der Waals surface area contributed by atoms with E-state index in [2.05, 4.69) is 26.3 Å². The van der Waals surface area contributed by atoms with Gasteiger partial charge in [0.2, 0.25) is 11.1 Å². The normalized spacial score (nSPS) is 18.9. The van der Waals surface area contributed by atoms with Crippen LogP contribution < -0.4 is 5.32 Å². The lowest BCUT2D eigenvalue weighted by Crippen LogP contribution is -2.58.